The molecule has 0 atom stereocenters. The van der Waals surface area contributed by atoms with E-state index in [0.29, 0.717) is 44.9 Å². The number of methoxy groups -OCH3 is 1. The van der Waals surface area contributed by atoms with Gasteiger partial charge in [-0.05, 0) is 25.7 Å². The van der Waals surface area contributed by atoms with Gasteiger partial charge in [0.05, 0.1) is 13.0 Å². The Hall–Kier alpha value is -1.47. The molecule has 5 nitrogen and oxygen atoms in total. The van der Waals surface area contributed by atoms with E-state index in [4.69, 9.17) is 4.74 Å². The number of unbranched alkanes of at least 4 members (excludes halogenated alkanes) is 1. The highest BCUT2D eigenvalue weighted by Crippen LogP contribution is 2.22. The number of likely N-dealkylation sites (tertiary alicyclic amines) is 1. The summed E-state index contributed by atoms with van der Waals surface area (Å²) in [5, 5.41) is 3.08. The molecule has 1 rings (SSSR count). The fourth-order valence-electron chi connectivity index (χ4n) is 2.48. The van der Waals surface area contributed by atoms with E-state index in [0.717, 1.165) is 0 Å². The van der Waals surface area contributed by atoms with Crippen molar-refractivity contribution in [2.75, 3.05) is 33.8 Å². The number of alkyl halides is 3. The predicted octanol–water partition coefficient (Wildman–Crippen LogP) is 2.18. The van der Waals surface area contributed by atoms with Crippen LogP contribution in [0.4, 0.5) is 13.2 Å². The first-order chi connectivity index (χ1) is 10.4. The minimum absolute atomic E-state index is 0.0776. The van der Waals surface area contributed by atoms with E-state index in [1.54, 1.807) is 7.05 Å². The zero-order valence-electron chi connectivity index (χ0n) is 13.1. The van der Waals surface area contributed by atoms with Gasteiger partial charge in [0.25, 0.3) is 0 Å². The number of carbonyl (C=O) groups excluding carboxylic acids is 1. The molecule has 1 N–H and O–H groups in total. The first kappa shape index (κ1) is 18.6. The molecule has 1 saturated heterocycles. The average molecular weight is 323 g/mol. The molecule has 0 saturated carbocycles. The summed E-state index contributed by atoms with van der Waals surface area (Å²) in [5.41, 5.74) is 0. The van der Waals surface area contributed by atoms with Gasteiger partial charge >= 0.3 is 12.1 Å². The van der Waals surface area contributed by atoms with Crippen molar-refractivity contribution in [2.45, 2.75) is 38.3 Å². The minimum Gasteiger partial charge on any atom is -0.469 e. The van der Waals surface area contributed by atoms with E-state index in [1.165, 1.54) is 7.11 Å². The van der Waals surface area contributed by atoms with Gasteiger partial charge in [-0.2, -0.15) is 13.2 Å². The van der Waals surface area contributed by atoms with E-state index in [9.17, 15) is 18.0 Å². The standard InChI is InChI=1S/C14H24F3N3O2/c1-18-13(19-8-4-3-7-14(15,16)17)20-9-5-11(6-10-20)12(21)22-2/h11H,3-10H2,1-2H3,(H,18,19). The largest absolute Gasteiger partial charge is 0.469 e. The maximum Gasteiger partial charge on any atom is 0.389 e. The Kier molecular flexibility index (Phi) is 7.47. The molecule has 0 unspecified atom stereocenters. The fourth-order valence-corrected chi connectivity index (χ4v) is 2.48. The van der Waals surface area contributed by atoms with Gasteiger partial charge in [0.1, 0.15) is 0 Å². The maximum atomic E-state index is 12.0. The van der Waals surface area contributed by atoms with Crippen molar-refractivity contribution in [1.29, 1.82) is 0 Å². The highest BCUT2D eigenvalue weighted by molar-refractivity contribution is 5.80. The summed E-state index contributed by atoms with van der Waals surface area (Å²) in [5.74, 6) is 0.413. The number of esters is 1. The zero-order chi connectivity index (χ0) is 16.6. The van der Waals surface area contributed by atoms with Crippen molar-refractivity contribution in [3.63, 3.8) is 0 Å². The summed E-state index contributed by atoms with van der Waals surface area (Å²) in [6, 6.07) is 0. The Morgan fingerprint density at radius 2 is 1.95 bits per heavy atom. The maximum absolute atomic E-state index is 12.0. The third-order valence-electron chi connectivity index (χ3n) is 3.71. The molecule has 1 heterocycles. The van der Waals surface area contributed by atoms with Gasteiger partial charge in [-0.25, -0.2) is 0 Å². The van der Waals surface area contributed by atoms with E-state index in [2.05, 4.69) is 10.3 Å². The number of rotatable bonds is 5. The van der Waals surface area contributed by atoms with Gasteiger partial charge < -0.3 is 15.0 Å². The van der Waals surface area contributed by atoms with Crippen LogP contribution in [0.15, 0.2) is 4.99 Å². The molecule has 0 amide bonds. The Morgan fingerprint density at radius 1 is 1.32 bits per heavy atom. The van der Waals surface area contributed by atoms with Crippen LogP contribution in [-0.4, -0.2) is 56.8 Å². The number of carbonyl (C=O) groups is 1. The van der Waals surface area contributed by atoms with Crippen LogP contribution in [0.2, 0.25) is 0 Å². The predicted molar refractivity (Wildman–Crippen MR) is 77.6 cm³/mol. The number of aliphatic imine (C=N–C) groups is 1. The van der Waals surface area contributed by atoms with Crippen LogP contribution in [0, 0.1) is 5.92 Å². The van der Waals surface area contributed by atoms with Crippen LogP contribution in [-0.2, 0) is 9.53 Å². The van der Waals surface area contributed by atoms with Gasteiger partial charge in [0.15, 0.2) is 5.96 Å². The summed E-state index contributed by atoms with van der Waals surface area (Å²) in [7, 11) is 3.03. The molecule has 0 bridgehead atoms. The van der Waals surface area contributed by atoms with Crippen molar-refractivity contribution in [3.8, 4) is 0 Å². The normalized spacial score (nSPS) is 17.5. The second kappa shape index (κ2) is 8.85. The number of hydrogen-bond acceptors (Lipinski definition) is 3. The molecule has 1 aliphatic heterocycles. The number of ether oxygens (including phenoxy) is 1. The third kappa shape index (κ3) is 6.53. The van der Waals surface area contributed by atoms with Crippen molar-refractivity contribution >= 4 is 11.9 Å². The molecule has 128 valence electrons. The van der Waals surface area contributed by atoms with Crippen molar-refractivity contribution in [1.82, 2.24) is 10.2 Å². The SMILES string of the molecule is CN=C(NCCCCC(F)(F)F)N1CCC(C(=O)OC)CC1. The van der Waals surface area contributed by atoms with Crippen LogP contribution < -0.4 is 5.32 Å². The molecule has 1 aliphatic rings. The van der Waals surface area contributed by atoms with Crippen molar-refractivity contribution in [3.05, 3.63) is 0 Å². The van der Waals surface area contributed by atoms with Crippen LogP contribution in [0.1, 0.15) is 32.1 Å². The lowest BCUT2D eigenvalue weighted by atomic mass is 9.97. The lowest BCUT2D eigenvalue weighted by Crippen LogP contribution is -2.46. The topological polar surface area (TPSA) is 53.9 Å². The molecular formula is C14H24F3N3O2. The minimum atomic E-state index is -4.09. The second-order valence-corrected chi connectivity index (χ2v) is 5.33. The molecule has 0 aliphatic carbocycles. The Morgan fingerprint density at radius 3 is 2.45 bits per heavy atom. The smallest absolute Gasteiger partial charge is 0.389 e. The molecule has 22 heavy (non-hydrogen) atoms. The molecule has 0 aromatic carbocycles. The molecule has 0 aromatic rings. The molecule has 8 heteroatoms. The van der Waals surface area contributed by atoms with Crippen LogP contribution >= 0.6 is 0 Å². The van der Waals surface area contributed by atoms with Crippen LogP contribution in [0.25, 0.3) is 0 Å². The Bertz CT molecular complexity index is 378. The molecule has 0 radical (unpaired) electrons. The average Bonchev–Trinajstić information content (AvgIpc) is 2.49. The lowest BCUT2D eigenvalue weighted by Gasteiger charge is -2.33. The number of nitrogens with zero attached hydrogens (tertiary/aromatic N) is 2. The van der Waals surface area contributed by atoms with Gasteiger partial charge in [0.2, 0.25) is 0 Å². The number of piperidine rings is 1. The van der Waals surface area contributed by atoms with Crippen molar-refractivity contribution in [2.24, 2.45) is 10.9 Å². The first-order valence-corrected chi connectivity index (χ1v) is 7.47. The van der Waals surface area contributed by atoms with Crippen molar-refractivity contribution < 1.29 is 22.7 Å². The molecule has 0 aromatic heterocycles. The Balaban J connectivity index is 2.27. The number of guanidine groups is 1. The highest BCUT2D eigenvalue weighted by Gasteiger charge is 2.27. The summed E-state index contributed by atoms with van der Waals surface area (Å²) in [6.07, 6.45) is -2.90. The molecular weight excluding hydrogens is 299 g/mol. The number of nitrogens with one attached hydrogen (secondary N) is 1. The van der Waals surface area contributed by atoms with E-state index < -0.39 is 12.6 Å². The quantitative estimate of drug-likeness (QED) is 0.365. The van der Waals surface area contributed by atoms with Crippen LogP contribution in [0.5, 0.6) is 0 Å². The molecule has 1 fully saturated rings. The van der Waals surface area contributed by atoms with E-state index >= 15 is 0 Å². The number of halogens is 3. The van der Waals surface area contributed by atoms with Crippen LogP contribution in [0.3, 0.4) is 0 Å². The number of hydrogen-bond donors (Lipinski definition) is 1. The third-order valence-corrected chi connectivity index (χ3v) is 3.71. The van der Waals surface area contributed by atoms with Gasteiger partial charge in [-0.1, -0.05) is 0 Å². The lowest BCUT2D eigenvalue weighted by molar-refractivity contribution is -0.146. The van der Waals surface area contributed by atoms with E-state index in [1.807, 2.05) is 4.90 Å². The van der Waals surface area contributed by atoms with Gasteiger partial charge in [-0.15, -0.1) is 0 Å². The van der Waals surface area contributed by atoms with Gasteiger partial charge in [0, 0.05) is 33.1 Å². The summed E-state index contributed by atoms with van der Waals surface area (Å²) in [6.45, 7) is 1.82. The Labute approximate surface area is 128 Å². The van der Waals surface area contributed by atoms with E-state index in [-0.39, 0.29) is 18.3 Å². The second-order valence-electron chi connectivity index (χ2n) is 5.33. The van der Waals surface area contributed by atoms with Gasteiger partial charge in [-0.3, -0.25) is 9.79 Å². The summed E-state index contributed by atoms with van der Waals surface area (Å²) < 4.78 is 40.9. The fraction of sp³-hybridized carbons (Fsp3) is 0.857. The summed E-state index contributed by atoms with van der Waals surface area (Å²) >= 11 is 0. The highest BCUT2D eigenvalue weighted by atomic mass is 19.4. The molecule has 0 spiro atoms. The monoisotopic (exact) mass is 323 g/mol. The first-order valence-electron chi connectivity index (χ1n) is 7.47. The summed E-state index contributed by atoms with van der Waals surface area (Å²) in [4.78, 5) is 17.6. The zero-order valence-corrected chi connectivity index (χ0v) is 13.1.